The molecule has 0 aliphatic rings. The Bertz CT molecular complexity index is 377. The lowest BCUT2D eigenvalue weighted by molar-refractivity contribution is 0.186. The van der Waals surface area contributed by atoms with Gasteiger partial charge in [0, 0.05) is 30.5 Å². The van der Waals surface area contributed by atoms with E-state index in [0.717, 1.165) is 30.6 Å². The van der Waals surface area contributed by atoms with Gasteiger partial charge in [-0.15, -0.1) is 0 Å². The lowest BCUT2D eigenvalue weighted by Gasteiger charge is -2.31. The molecule has 1 unspecified atom stereocenters. The zero-order valence-electron chi connectivity index (χ0n) is 12.4. The number of halogens is 1. The summed E-state index contributed by atoms with van der Waals surface area (Å²) in [6, 6.07) is 2.15. The van der Waals surface area contributed by atoms with Crippen molar-refractivity contribution in [3.63, 3.8) is 0 Å². The third-order valence-electron chi connectivity index (χ3n) is 3.34. The maximum Gasteiger partial charge on any atom is 0.0587 e. The normalized spacial score (nSPS) is 13.5. The van der Waals surface area contributed by atoms with Gasteiger partial charge in [-0.1, -0.05) is 20.8 Å². The van der Waals surface area contributed by atoms with Gasteiger partial charge in [0.15, 0.2) is 0 Å². The fourth-order valence-corrected chi connectivity index (χ4v) is 2.40. The van der Waals surface area contributed by atoms with Crippen LogP contribution in [0.25, 0.3) is 0 Å². The molecule has 0 aliphatic heterocycles. The maximum atomic E-state index is 5.06. The first-order valence-electron chi connectivity index (χ1n) is 6.72. The van der Waals surface area contributed by atoms with Gasteiger partial charge >= 0.3 is 0 Å². The van der Waals surface area contributed by atoms with Crippen molar-refractivity contribution in [1.82, 2.24) is 10.3 Å². The summed E-state index contributed by atoms with van der Waals surface area (Å²) >= 11 is 3.48. The molecule has 1 heterocycles. The molecule has 0 saturated heterocycles. The van der Waals surface area contributed by atoms with Crippen molar-refractivity contribution in [3.05, 3.63) is 28.5 Å². The van der Waals surface area contributed by atoms with Crippen molar-refractivity contribution < 1.29 is 4.74 Å². The van der Waals surface area contributed by atoms with E-state index in [4.69, 9.17) is 4.74 Å². The molecule has 0 radical (unpaired) electrons. The van der Waals surface area contributed by atoms with Gasteiger partial charge in [0.25, 0.3) is 0 Å². The molecule has 3 nitrogen and oxygen atoms in total. The molecule has 1 aromatic rings. The Kier molecular flexibility index (Phi) is 6.97. The van der Waals surface area contributed by atoms with Gasteiger partial charge in [-0.25, -0.2) is 0 Å². The van der Waals surface area contributed by atoms with Gasteiger partial charge in [0.1, 0.15) is 0 Å². The smallest absolute Gasteiger partial charge is 0.0587 e. The van der Waals surface area contributed by atoms with Crippen LogP contribution in [0.5, 0.6) is 0 Å². The van der Waals surface area contributed by atoms with E-state index in [1.54, 1.807) is 7.11 Å². The minimum Gasteiger partial charge on any atom is -0.383 e. The molecule has 0 bridgehead atoms. The molecular formula is C15H25BrN2O. The van der Waals surface area contributed by atoms with E-state index in [2.05, 4.69) is 53.1 Å². The summed E-state index contributed by atoms with van der Waals surface area (Å²) in [5, 5.41) is 3.47. The van der Waals surface area contributed by atoms with E-state index < -0.39 is 0 Å². The second-order valence-corrected chi connectivity index (χ2v) is 6.89. The highest BCUT2D eigenvalue weighted by molar-refractivity contribution is 9.10. The molecule has 0 aromatic carbocycles. The summed E-state index contributed by atoms with van der Waals surface area (Å²) in [6.07, 6.45) is 4.82. The number of aromatic nitrogens is 1. The number of hydrogen-bond donors (Lipinski definition) is 1. The Hall–Kier alpha value is -0.450. The number of pyridine rings is 1. The molecule has 1 rings (SSSR count). The van der Waals surface area contributed by atoms with Crippen LogP contribution in [0.4, 0.5) is 0 Å². The van der Waals surface area contributed by atoms with Crippen LogP contribution in [0.2, 0.25) is 0 Å². The molecule has 0 spiro atoms. The fourth-order valence-electron chi connectivity index (χ4n) is 1.99. The molecule has 1 N–H and O–H groups in total. The van der Waals surface area contributed by atoms with Gasteiger partial charge in [-0.05, 0) is 51.9 Å². The van der Waals surface area contributed by atoms with Crippen LogP contribution < -0.4 is 5.32 Å². The molecule has 0 amide bonds. The number of ether oxygens (including phenoxy) is 1. The summed E-state index contributed by atoms with van der Waals surface area (Å²) in [5.74, 6) is 0.570. The molecular weight excluding hydrogens is 304 g/mol. The molecule has 108 valence electrons. The number of methoxy groups -OCH3 is 1. The highest BCUT2D eigenvalue weighted by atomic mass is 79.9. The summed E-state index contributed by atoms with van der Waals surface area (Å²) in [6.45, 7) is 9.54. The van der Waals surface area contributed by atoms with Crippen molar-refractivity contribution in [2.45, 2.75) is 27.2 Å². The van der Waals surface area contributed by atoms with Gasteiger partial charge in [0.05, 0.1) is 6.61 Å². The van der Waals surface area contributed by atoms with Crippen molar-refractivity contribution in [3.8, 4) is 0 Å². The monoisotopic (exact) mass is 328 g/mol. The Morgan fingerprint density at radius 3 is 2.68 bits per heavy atom. The van der Waals surface area contributed by atoms with E-state index >= 15 is 0 Å². The fraction of sp³-hybridized carbons (Fsp3) is 0.667. The molecule has 0 aliphatic carbocycles. The second-order valence-electron chi connectivity index (χ2n) is 5.98. The Morgan fingerprint density at radius 1 is 1.37 bits per heavy atom. The van der Waals surface area contributed by atoms with Crippen LogP contribution in [0, 0.1) is 11.3 Å². The topological polar surface area (TPSA) is 34.1 Å². The Morgan fingerprint density at radius 2 is 2.11 bits per heavy atom. The van der Waals surface area contributed by atoms with Crippen LogP contribution in [-0.4, -0.2) is 31.8 Å². The van der Waals surface area contributed by atoms with Crippen molar-refractivity contribution >= 4 is 15.9 Å². The minimum absolute atomic E-state index is 0.266. The first kappa shape index (κ1) is 16.6. The Labute approximate surface area is 125 Å². The number of nitrogens with zero attached hydrogens (tertiary/aromatic N) is 1. The lowest BCUT2D eigenvalue weighted by Crippen LogP contribution is -2.34. The average Bonchev–Trinajstić information content (AvgIpc) is 2.32. The third-order valence-corrected chi connectivity index (χ3v) is 3.78. The summed E-state index contributed by atoms with van der Waals surface area (Å²) in [7, 11) is 1.73. The number of rotatable bonds is 7. The predicted molar refractivity (Wildman–Crippen MR) is 83.3 cm³/mol. The zero-order chi connectivity index (χ0) is 14.3. The molecule has 19 heavy (non-hydrogen) atoms. The minimum atomic E-state index is 0.266. The summed E-state index contributed by atoms with van der Waals surface area (Å²) < 4.78 is 6.11. The maximum absolute atomic E-state index is 5.06. The molecule has 1 aromatic heterocycles. The van der Waals surface area contributed by atoms with Crippen LogP contribution >= 0.6 is 15.9 Å². The first-order valence-corrected chi connectivity index (χ1v) is 7.52. The van der Waals surface area contributed by atoms with Gasteiger partial charge in [-0.2, -0.15) is 0 Å². The van der Waals surface area contributed by atoms with Gasteiger partial charge in [-0.3, -0.25) is 4.98 Å². The average molecular weight is 329 g/mol. The van der Waals surface area contributed by atoms with Crippen molar-refractivity contribution in [2.75, 3.05) is 26.8 Å². The van der Waals surface area contributed by atoms with Crippen molar-refractivity contribution in [2.24, 2.45) is 11.3 Å². The zero-order valence-corrected chi connectivity index (χ0v) is 14.0. The molecule has 4 heteroatoms. The van der Waals surface area contributed by atoms with E-state index in [1.165, 1.54) is 5.56 Å². The van der Waals surface area contributed by atoms with E-state index in [1.807, 2.05) is 12.4 Å². The second kappa shape index (κ2) is 7.98. The highest BCUT2D eigenvalue weighted by Gasteiger charge is 2.24. The van der Waals surface area contributed by atoms with Crippen LogP contribution in [-0.2, 0) is 11.2 Å². The number of hydrogen-bond acceptors (Lipinski definition) is 3. The van der Waals surface area contributed by atoms with Gasteiger partial charge < -0.3 is 10.1 Å². The standard InChI is InChI=1S/C15H25BrN2O/c1-15(2,3)13(10-17-5-6-19-4)7-12-8-14(16)11-18-9-12/h8-9,11,13,17H,5-7,10H2,1-4H3. The van der Waals surface area contributed by atoms with Crippen LogP contribution in [0.15, 0.2) is 22.9 Å². The van der Waals surface area contributed by atoms with E-state index in [9.17, 15) is 0 Å². The van der Waals surface area contributed by atoms with E-state index in [0.29, 0.717) is 5.92 Å². The third kappa shape index (κ3) is 6.50. The SMILES string of the molecule is COCCNCC(Cc1cncc(Br)c1)C(C)(C)C. The van der Waals surface area contributed by atoms with Gasteiger partial charge in [0.2, 0.25) is 0 Å². The molecule has 0 fully saturated rings. The van der Waals surface area contributed by atoms with Crippen LogP contribution in [0.3, 0.4) is 0 Å². The number of nitrogens with one attached hydrogen (secondary N) is 1. The lowest BCUT2D eigenvalue weighted by atomic mass is 9.77. The summed E-state index contributed by atoms with van der Waals surface area (Å²) in [5.41, 5.74) is 1.55. The first-order chi connectivity index (χ1) is 8.93. The molecule has 0 saturated carbocycles. The van der Waals surface area contributed by atoms with Crippen LogP contribution in [0.1, 0.15) is 26.3 Å². The predicted octanol–water partition coefficient (Wildman–Crippen LogP) is 3.28. The summed E-state index contributed by atoms with van der Waals surface area (Å²) in [4.78, 5) is 4.24. The quantitative estimate of drug-likeness (QED) is 0.780. The molecule has 1 atom stereocenters. The Balaban J connectivity index is 2.59. The van der Waals surface area contributed by atoms with E-state index in [-0.39, 0.29) is 5.41 Å². The van der Waals surface area contributed by atoms with Crippen molar-refractivity contribution in [1.29, 1.82) is 0 Å². The highest BCUT2D eigenvalue weighted by Crippen LogP contribution is 2.29. The largest absolute Gasteiger partial charge is 0.383 e.